The first-order valence-electron chi connectivity index (χ1n) is 7.57. The van der Waals surface area contributed by atoms with Crippen molar-refractivity contribution in [3.63, 3.8) is 0 Å². The van der Waals surface area contributed by atoms with Gasteiger partial charge in [0.15, 0.2) is 5.78 Å². The quantitative estimate of drug-likeness (QED) is 0.832. The van der Waals surface area contributed by atoms with Crippen LogP contribution in [0.25, 0.3) is 0 Å². The summed E-state index contributed by atoms with van der Waals surface area (Å²) in [6.07, 6.45) is 1.51. The minimum absolute atomic E-state index is 0.0416. The van der Waals surface area contributed by atoms with Crippen LogP contribution in [-0.4, -0.2) is 46.6 Å². The van der Waals surface area contributed by atoms with Gasteiger partial charge in [-0.05, 0) is 39.2 Å². The smallest absolute Gasteiger partial charge is 0.268 e. The molecule has 0 radical (unpaired) electrons. The van der Waals surface area contributed by atoms with Gasteiger partial charge in [0.1, 0.15) is 5.69 Å². The van der Waals surface area contributed by atoms with E-state index in [-0.39, 0.29) is 23.6 Å². The molecule has 1 aliphatic rings. The van der Waals surface area contributed by atoms with E-state index in [0.717, 1.165) is 18.5 Å². The molecular formula is C16H23N3O3. The van der Waals surface area contributed by atoms with Gasteiger partial charge in [-0.15, -0.1) is 0 Å². The van der Waals surface area contributed by atoms with Gasteiger partial charge < -0.3 is 15.2 Å². The topological polar surface area (TPSA) is 82.3 Å². The SMILES string of the molecule is CC(=O)c1c(C)[nH]c(C(=O)NC2CCN(C(C)=O)CC2)c1C. The molecule has 1 aromatic heterocycles. The number of hydrogen-bond acceptors (Lipinski definition) is 3. The van der Waals surface area contributed by atoms with E-state index in [9.17, 15) is 14.4 Å². The third-order valence-electron chi connectivity index (χ3n) is 4.29. The van der Waals surface area contributed by atoms with Crippen molar-refractivity contribution in [3.05, 3.63) is 22.5 Å². The number of carbonyl (C=O) groups is 3. The number of amides is 2. The molecule has 2 rings (SSSR count). The number of nitrogens with one attached hydrogen (secondary N) is 2. The number of aromatic amines is 1. The average molecular weight is 305 g/mol. The summed E-state index contributed by atoms with van der Waals surface area (Å²) in [5.41, 5.74) is 2.47. The molecule has 1 fully saturated rings. The van der Waals surface area contributed by atoms with Crippen LogP contribution in [0.5, 0.6) is 0 Å². The second-order valence-electron chi connectivity index (χ2n) is 5.93. The fourth-order valence-corrected chi connectivity index (χ4v) is 3.10. The zero-order chi connectivity index (χ0) is 16.4. The van der Waals surface area contributed by atoms with Gasteiger partial charge in [-0.2, -0.15) is 0 Å². The average Bonchev–Trinajstić information content (AvgIpc) is 2.74. The highest BCUT2D eigenvalue weighted by Crippen LogP contribution is 2.19. The van der Waals surface area contributed by atoms with Gasteiger partial charge in [-0.25, -0.2) is 0 Å². The van der Waals surface area contributed by atoms with Crippen molar-refractivity contribution < 1.29 is 14.4 Å². The van der Waals surface area contributed by atoms with E-state index in [2.05, 4.69) is 10.3 Å². The molecule has 0 spiro atoms. The van der Waals surface area contributed by atoms with E-state index < -0.39 is 0 Å². The summed E-state index contributed by atoms with van der Waals surface area (Å²) in [4.78, 5) is 40.1. The van der Waals surface area contributed by atoms with E-state index in [1.54, 1.807) is 25.7 Å². The third kappa shape index (κ3) is 3.21. The first kappa shape index (κ1) is 16.3. The number of ketones is 1. The lowest BCUT2D eigenvalue weighted by molar-refractivity contribution is -0.129. The van der Waals surface area contributed by atoms with Gasteiger partial charge in [0, 0.05) is 37.3 Å². The lowest BCUT2D eigenvalue weighted by atomic mass is 10.0. The molecule has 0 saturated carbocycles. The number of likely N-dealkylation sites (tertiary alicyclic amines) is 1. The molecule has 1 saturated heterocycles. The van der Waals surface area contributed by atoms with E-state index in [0.29, 0.717) is 29.9 Å². The standard InChI is InChI=1S/C16H23N3O3/c1-9-14(11(3)20)10(2)17-15(9)16(22)18-13-5-7-19(8-6-13)12(4)21/h13,17H,5-8H2,1-4H3,(H,18,22). The van der Waals surface area contributed by atoms with Crippen molar-refractivity contribution in [3.8, 4) is 0 Å². The fraction of sp³-hybridized carbons (Fsp3) is 0.562. The Morgan fingerprint density at radius 3 is 2.18 bits per heavy atom. The van der Waals surface area contributed by atoms with Crippen LogP contribution < -0.4 is 5.32 Å². The number of rotatable bonds is 3. The molecule has 0 aliphatic carbocycles. The summed E-state index contributed by atoms with van der Waals surface area (Å²) in [5.74, 6) is -0.152. The monoisotopic (exact) mass is 305 g/mol. The zero-order valence-corrected chi connectivity index (χ0v) is 13.6. The number of H-pyrrole nitrogens is 1. The predicted octanol–water partition coefficient (Wildman–Crippen LogP) is 1.57. The van der Waals surface area contributed by atoms with E-state index >= 15 is 0 Å². The summed E-state index contributed by atoms with van der Waals surface area (Å²) in [6, 6.07) is 0.0619. The number of hydrogen-bond donors (Lipinski definition) is 2. The first-order valence-corrected chi connectivity index (χ1v) is 7.57. The summed E-state index contributed by atoms with van der Waals surface area (Å²) in [6.45, 7) is 7.98. The second kappa shape index (κ2) is 6.34. The Morgan fingerprint density at radius 1 is 1.14 bits per heavy atom. The number of aryl methyl sites for hydroxylation is 1. The number of nitrogens with zero attached hydrogens (tertiary/aromatic N) is 1. The number of Topliss-reactive ketones (excluding diaryl/α,β-unsaturated/α-hetero) is 1. The molecule has 0 bridgehead atoms. The fourth-order valence-electron chi connectivity index (χ4n) is 3.10. The van der Waals surface area contributed by atoms with Gasteiger partial charge in [-0.1, -0.05) is 0 Å². The molecule has 2 amide bonds. The summed E-state index contributed by atoms with van der Waals surface area (Å²) >= 11 is 0. The highest BCUT2D eigenvalue weighted by molar-refractivity contribution is 6.02. The Bertz CT molecular complexity index is 610. The number of carbonyl (C=O) groups excluding carboxylic acids is 3. The maximum absolute atomic E-state index is 12.4. The molecule has 2 heterocycles. The molecule has 1 aliphatic heterocycles. The van der Waals surface area contributed by atoms with Crippen LogP contribution >= 0.6 is 0 Å². The molecule has 6 heteroatoms. The van der Waals surface area contributed by atoms with E-state index in [4.69, 9.17) is 0 Å². The van der Waals surface area contributed by atoms with E-state index in [1.807, 2.05) is 0 Å². The highest BCUT2D eigenvalue weighted by atomic mass is 16.2. The molecule has 22 heavy (non-hydrogen) atoms. The van der Waals surface area contributed by atoms with Crippen molar-refractivity contribution in [2.75, 3.05) is 13.1 Å². The molecule has 0 atom stereocenters. The Balaban J connectivity index is 2.03. The van der Waals surface area contributed by atoms with Crippen LogP contribution in [-0.2, 0) is 4.79 Å². The Morgan fingerprint density at radius 2 is 1.73 bits per heavy atom. The lowest BCUT2D eigenvalue weighted by Gasteiger charge is -2.31. The maximum Gasteiger partial charge on any atom is 0.268 e. The van der Waals surface area contributed by atoms with Crippen molar-refractivity contribution in [2.24, 2.45) is 0 Å². The van der Waals surface area contributed by atoms with Gasteiger partial charge >= 0.3 is 0 Å². The largest absolute Gasteiger partial charge is 0.354 e. The molecule has 2 N–H and O–H groups in total. The Kier molecular flexibility index (Phi) is 4.68. The van der Waals surface area contributed by atoms with Gasteiger partial charge in [0.25, 0.3) is 5.91 Å². The molecule has 0 aromatic carbocycles. The van der Waals surface area contributed by atoms with E-state index in [1.165, 1.54) is 6.92 Å². The predicted molar refractivity (Wildman–Crippen MR) is 83.0 cm³/mol. The van der Waals surface area contributed by atoms with Gasteiger partial charge in [0.05, 0.1) is 0 Å². The van der Waals surface area contributed by atoms with Crippen molar-refractivity contribution in [1.29, 1.82) is 0 Å². The zero-order valence-electron chi connectivity index (χ0n) is 13.6. The van der Waals surface area contributed by atoms with Crippen LogP contribution in [0.3, 0.4) is 0 Å². The summed E-state index contributed by atoms with van der Waals surface area (Å²) in [7, 11) is 0. The molecule has 6 nitrogen and oxygen atoms in total. The normalized spacial score (nSPS) is 15.7. The number of aromatic nitrogens is 1. The van der Waals surface area contributed by atoms with Crippen LogP contribution in [0.15, 0.2) is 0 Å². The van der Waals surface area contributed by atoms with Gasteiger partial charge in [-0.3, -0.25) is 14.4 Å². The van der Waals surface area contributed by atoms with Crippen molar-refractivity contribution in [1.82, 2.24) is 15.2 Å². The Hall–Kier alpha value is -2.11. The highest BCUT2D eigenvalue weighted by Gasteiger charge is 2.25. The van der Waals surface area contributed by atoms with Crippen molar-refractivity contribution >= 4 is 17.6 Å². The lowest BCUT2D eigenvalue weighted by Crippen LogP contribution is -2.46. The molecular weight excluding hydrogens is 282 g/mol. The second-order valence-corrected chi connectivity index (χ2v) is 5.93. The minimum atomic E-state index is -0.186. The number of piperidine rings is 1. The van der Waals surface area contributed by atoms with Crippen LogP contribution in [0.2, 0.25) is 0 Å². The van der Waals surface area contributed by atoms with Crippen LogP contribution in [0, 0.1) is 13.8 Å². The summed E-state index contributed by atoms with van der Waals surface area (Å²) < 4.78 is 0. The van der Waals surface area contributed by atoms with Crippen LogP contribution in [0.1, 0.15) is 58.8 Å². The minimum Gasteiger partial charge on any atom is -0.354 e. The maximum atomic E-state index is 12.4. The van der Waals surface area contributed by atoms with Gasteiger partial charge in [0.2, 0.25) is 5.91 Å². The molecule has 1 aromatic rings. The molecule has 120 valence electrons. The first-order chi connectivity index (χ1) is 10.3. The Labute approximate surface area is 130 Å². The van der Waals surface area contributed by atoms with Crippen LogP contribution in [0.4, 0.5) is 0 Å². The third-order valence-corrected chi connectivity index (χ3v) is 4.29. The van der Waals surface area contributed by atoms with Crippen molar-refractivity contribution in [2.45, 2.75) is 46.6 Å². The summed E-state index contributed by atoms with van der Waals surface area (Å²) in [5, 5.41) is 3.00. The molecule has 0 unspecified atom stereocenters.